The molecule has 0 aliphatic carbocycles. The smallest absolute Gasteiger partial charge is 0.407 e. The van der Waals surface area contributed by atoms with Crippen molar-refractivity contribution in [3.05, 3.63) is 59.5 Å². The third-order valence-corrected chi connectivity index (χ3v) is 6.64. The minimum atomic E-state index is -0.973. The number of ether oxygens (including phenoxy) is 1. The van der Waals surface area contributed by atoms with Gasteiger partial charge in [0, 0.05) is 33.6 Å². The second-order valence-corrected chi connectivity index (χ2v) is 10.7. The minimum absolute atomic E-state index is 0.174. The Morgan fingerprint density at radius 1 is 1.23 bits per heavy atom. The van der Waals surface area contributed by atoms with Crippen molar-refractivity contribution in [1.82, 2.24) is 9.88 Å². The van der Waals surface area contributed by atoms with Gasteiger partial charge in [-0.05, 0) is 41.8 Å². The topological polar surface area (TPSA) is 62.7 Å². The number of nitrogens with zero attached hydrogens (tertiary/aromatic N) is 2. The number of pyridine rings is 1. The highest BCUT2D eigenvalue weighted by molar-refractivity contribution is 8.01. The molecule has 0 fully saturated rings. The summed E-state index contributed by atoms with van der Waals surface area (Å²) in [7, 11) is 1.61. The largest absolute Gasteiger partial charge is 0.497 e. The molecule has 0 aliphatic heterocycles. The van der Waals surface area contributed by atoms with E-state index in [1.165, 1.54) is 34.2 Å². The van der Waals surface area contributed by atoms with E-state index in [1.54, 1.807) is 19.2 Å². The van der Waals surface area contributed by atoms with Crippen LogP contribution in [0.1, 0.15) is 25.6 Å². The van der Waals surface area contributed by atoms with Crippen molar-refractivity contribution in [3.8, 4) is 16.9 Å². The van der Waals surface area contributed by atoms with Crippen molar-refractivity contribution in [3.63, 3.8) is 0 Å². The molecule has 0 atom stereocenters. The Morgan fingerprint density at radius 2 is 2.00 bits per heavy atom. The van der Waals surface area contributed by atoms with Crippen LogP contribution in [0.25, 0.3) is 11.1 Å². The number of hydrogen-bond donors (Lipinski definition) is 1. The maximum atomic E-state index is 14.5. The van der Waals surface area contributed by atoms with E-state index in [9.17, 15) is 14.3 Å². The van der Waals surface area contributed by atoms with Gasteiger partial charge in [0.25, 0.3) is 0 Å². The Labute approximate surface area is 189 Å². The highest BCUT2D eigenvalue weighted by Crippen LogP contribution is 2.43. The van der Waals surface area contributed by atoms with Crippen LogP contribution in [0.3, 0.4) is 0 Å². The van der Waals surface area contributed by atoms with E-state index in [-0.39, 0.29) is 12.0 Å². The summed E-state index contributed by atoms with van der Waals surface area (Å²) in [6.07, 6.45) is 0.440. The molecule has 0 unspecified atom stereocenters. The van der Waals surface area contributed by atoms with E-state index in [1.807, 2.05) is 51.1 Å². The summed E-state index contributed by atoms with van der Waals surface area (Å²) < 4.78 is 20.7. The quantitative estimate of drug-likeness (QED) is 0.401. The summed E-state index contributed by atoms with van der Waals surface area (Å²) in [4.78, 5) is 18.8. The molecule has 3 aromatic rings. The van der Waals surface area contributed by atoms with Gasteiger partial charge in [0.1, 0.15) is 5.75 Å². The van der Waals surface area contributed by atoms with Crippen LogP contribution in [0, 0.1) is 11.4 Å². The summed E-state index contributed by atoms with van der Waals surface area (Å²) >= 11 is 2.96. The zero-order valence-electron chi connectivity index (χ0n) is 17.9. The standard InChI is InChI=1S/C23H25FN2O3S2/c1-23(2,3)14-26(22(27)28)13-17-12-19(18-9-6-10-25-20(18)24)21(31-17)30-16-8-5-7-15(11-16)29-4/h5-12H,13-14H2,1-4H3,(H,27,28). The van der Waals surface area contributed by atoms with Crippen molar-refractivity contribution in [2.45, 2.75) is 36.4 Å². The second-order valence-electron chi connectivity index (χ2n) is 8.24. The zero-order valence-corrected chi connectivity index (χ0v) is 19.5. The van der Waals surface area contributed by atoms with Crippen molar-refractivity contribution in [1.29, 1.82) is 0 Å². The Balaban J connectivity index is 1.99. The van der Waals surface area contributed by atoms with Gasteiger partial charge in [0.05, 0.1) is 17.9 Å². The van der Waals surface area contributed by atoms with Gasteiger partial charge in [-0.2, -0.15) is 4.39 Å². The summed E-state index contributed by atoms with van der Waals surface area (Å²) in [6, 6.07) is 12.9. The molecule has 31 heavy (non-hydrogen) atoms. The van der Waals surface area contributed by atoms with Gasteiger partial charge in [0.2, 0.25) is 5.95 Å². The molecule has 5 nitrogen and oxygen atoms in total. The van der Waals surface area contributed by atoms with Crippen molar-refractivity contribution >= 4 is 29.2 Å². The molecule has 0 saturated carbocycles. The third kappa shape index (κ3) is 6.21. The SMILES string of the molecule is COc1cccc(Sc2sc(CN(CC(C)(C)C)C(=O)O)cc2-c2cccnc2F)c1. The number of carboxylic acid groups (broad SMARTS) is 1. The Kier molecular flexibility index (Phi) is 7.23. The molecular formula is C23H25FN2O3S2. The lowest BCUT2D eigenvalue weighted by Gasteiger charge is -2.27. The molecule has 8 heteroatoms. The molecule has 2 heterocycles. The van der Waals surface area contributed by atoms with Gasteiger partial charge in [-0.3, -0.25) is 0 Å². The van der Waals surface area contributed by atoms with Gasteiger partial charge in [-0.25, -0.2) is 9.78 Å². The molecule has 0 radical (unpaired) electrons. The molecule has 1 aromatic carbocycles. The zero-order chi connectivity index (χ0) is 22.6. The van der Waals surface area contributed by atoms with Crippen LogP contribution in [-0.2, 0) is 6.54 Å². The minimum Gasteiger partial charge on any atom is -0.497 e. The first-order valence-electron chi connectivity index (χ1n) is 9.69. The van der Waals surface area contributed by atoms with E-state index >= 15 is 0 Å². The predicted molar refractivity (Wildman–Crippen MR) is 123 cm³/mol. The van der Waals surface area contributed by atoms with Gasteiger partial charge in [-0.1, -0.05) is 38.6 Å². The number of hydrogen-bond acceptors (Lipinski definition) is 5. The molecule has 1 N–H and O–H groups in total. The van der Waals surface area contributed by atoms with Crippen LogP contribution >= 0.6 is 23.1 Å². The van der Waals surface area contributed by atoms with Crippen LogP contribution in [0.2, 0.25) is 0 Å². The van der Waals surface area contributed by atoms with Crippen LogP contribution in [0.15, 0.2) is 57.8 Å². The molecule has 0 saturated heterocycles. The summed E-state index contributed by atoms with van der Waals surface area (Å²) in [5, 5.41) is 9.67. The lowest BCUT2D eigenvalue weighted by atomic mass is 9.96. The summed E-state index contributed by atoms with van der Waals surface area (Å²) in [6.45, 7) is 6.63. The van der Waals surface area contributed by atoms with Crippen LogP contribution < -0.4 is 4.74 Å². The van der Waals surface area contributed by atoms with Crippen LogP contribution in [0.5, 0.6) is 5.75 Å². The number of halogens is 1. The Morgan fingerprint density at radius 3 is 2.65 bits per heavy atom. The number of rotatable bonds is 7. The van der Waals surface area contributed by atoms with E-state index in [4.69, 9.17) is 4.74 Å². The first-order chi connectivity index (χ1) is 14.7. The first kappa shape index (κ1) is 23.1. The molecule has 3 rings (SSSR count). The van der Waals surface area contributed by atoms with Gasteiger partial charge in [0.15, 0.2) is 0 Å². The Hall–Kier alpha value is -2.58. The third-order valence-electron chi connectivity index (χ3n) is 4.33. The fraction of sp³-hybridized carbons (Fsp3) is 0.304. The van der Waals surface area contributed by atoms with Crippen molar-refractivity contribution in [2.24, 2.45) is 5.41 Å². The average Bonchev–Trinajstić information content (AvgIpc) is 3.08. The van der Waals surface area contributed by atoms with Crippen molar-refractivity contribution in [2.75, 3.05) is 13.7 Å². The molecule has 0 bridgehead atoms. The highest BCUT2D eigenvalue weighted by Gasteiger charge is 2.23. The van der Waals surface area contributed by atoms with Gasteiger partial charge < -0.3 is 14.7 Å². The van der Waals surface area contributed by atoms with E-state index in [2.05, 4.69) is 4.98 Å². The van der Waals surface area contributed by atoms with Crippen LogP contribution in [0.4, 0.5) is 9.18 Å². The van der Waals surface area contributed by atoms with E-state index in [0.717, 1.165) is 19.7 Å². The lowest BCUT2D eigenvalue weighted by Crippen LogP contribution is -2.36. The number of thiophene rings is 1. The van der Waals surface area contributed by atoms with Gasteiger partial charge >= 0.3 is 6.09 Å². The van der Waals surface area contributed by atoms with Crippen LogP contribution in [-0.4, -0.2) is 34.7 Å². The van der Waals surface area contributed by atoms with Crippen molar-refractivity contribution < 1.29 is 19.0 Å². The Bertz CT molecular complexity index is 1060. The summed E-state index contributed by atoms with van der Waals surface area (Å²) in [5.41, 5.74) is 0.930. The maximum absolute atomic E-state index is 14.5. The molecular weight excluding hydrogens is 435 g/mol. The first-order valence-corrected chi connectivity index (χ1v) is 11.3. The summed E-state index contributed by atoms with van der Waals surface area (Å²) in [5.74, 6) is 0.183. The van der Waals surface area contributed by atoms with Gasteiger partial charge in [-0.15, -0.1) is 11.3 Å². The molecule has 0 spiro atoms. The fourth-order valence-electron chi connectivity index (χ4n) is 3.08. The highest BCUT2D eigenvalue weighted by atomic mass is 32.2. The predicted octanol–water partition coefficient (Wildman–Crippen LogP) is 6.64. The number of benzene rings is 1. The molecule has 164 valence electrons. The molecule has 0 aliphatic rings. The fourth-order valence-corrected chi connectivity index (χ4v) is 5.58. The van der Waals surface area contributed by atoms with E-state index in [0.29, 0.717) is 17.7 Å². The average molecular weight is 461 g/mol. The molecule has 2 aromatic heterocycles. The maximum Gasteiger partial charge on any atom is 0.407 e. The number of carbonyl (C=O) groups is 1. The lowest BCUT2D eigenvalue weighted by molar-refractivity contribution is 0.123. The number of amides is 1. The van der Waals surface area contributed by atoms with E-state index < -0.39 is 12.0 Å². The normalized spacial score (nSPS) is 11.4. The number of aromatic nitrogens is 1. The molecule has 1 amide bonds. The second kappa shape index (κ2) is 9.70. The monoisotopic (exact) mass is 460 g/mol. The number of methoxy groups -OCH3 is 1.